The molecule has 0 radical (unpaired) electrons. The molecule has 0 saturated carbocycles. The van der Waals surface area contributed by atoms with Crippen molar-refractivity contribution in [1.82, 2.24) is 5.32 Å². The van der Waals surface area contributed by atoms with Crippen molar-refractivity contribution >= 4 is 11.9 Å². The SMILES string of the molecule is O=C(CCc1ccc(C(=O)O)cc1)NC1CCOC2(CCOC2)C1. The van der Waals surface area contributed by atoms with Gasteiger partial charge in [-0.1, -0.05) is 12.1 Å². The van der Waals surface area contributed by atoms with E-state index in [1.54, 1.807) is 24.3 Å². The van der Waals surface area contributed by atoms with Crippen LogP contribution in [0.25, 0.3) is 0 Å². The fraction of sp³-hybridized carbons (Fsp3) is 0.556. The number of aromatic carboxylic acids is 1. The zero-order chi connectivity index (χ0) is 17.0. The first kappa shape index (κ1) is 16.9. The van der Waals surface area contributed by atoms with E-state index in [0.717, 1.165) is 31.4 Å². The molecular weight excluding hydrogens is 310 g/mol. The van der Waals surface area contributed by atoms with Crippen LogP contribution in [0.4, 0.5) is 0 Å². The van der Waals surface area contributed by atoms with Crippen LogP contribution in [-0.2, 0) is 20.7 Å². The first-order chi connectivity index (χ1) is 11.6. The largest absolute Gasteiger partial charge is 0.478 e. The van der Waals surface area contributed by atoms with E-state index in [9.17, 15) is 9.59 Å². The summed E-state index contributed by atoms with van der Waals surface area (Å²) in [5.41, 5.74) is 1.01. The molecule has 6 heteroatoms. The van der Waals surface area contributed by atoms with Gasteiger partial charge in [-0.2, -0.15) is 0 Å². The van der Waals surface area contributed by atoms with E-state index in [4.69, 9.17) is 14.6 Å². The Bertz CT molecular complexity index is 592. The monoisotopic (exact) mass is 333 g/mol. The number of nitrogens with one attached hydrogen (secondary N) is 1. The molecule has 0 bridgehead atoms. The zero-order valence-corrected chi connectivity index (χ0v) is 13.6. The van der Waals surface area contributed by atoms with Crippen molar-refractivity contribution in [2.24, 2.45) is 0 Å². The molecule has 2 aliphatic rings. The molecule has 0 aliphatic carbocycles. The maximum Gasteiger partial charge on any atom is 0.335 e. The summed E-state index contributed by atoms with van der Waals surface area (Å²) in [6.45, 7) is 2.01. The summed E-state index contributed by atoms with van der Waals surface area (Å²) in [4.78, 5) is 23.0. The summed E-state index contributed by atoms with van der Waals surface area (Å²) in [6.07, 6.45) is 3.54. The van der Waals surface area contributed by atoms with Crippen LogP contribution in [0.2, 0.25) is 0 Å². The number of ether oxygens (including phenoxy) is 2. The molecule has 6 nitrogen and oxygen atoms in total. The number of carboxylic acids is 1. The van der Waals surface area contributed by atoms with Gasteiger partial charge in [-0.15, -0.1) is 0 Å². The van der Waals surface area contributed by atoms with Crippen molar-refractivity contribution < 1.29 is 24.2 Å². The third kappa shape index (κ3) is 4.13. The minimum atomic E-state index is -0.941. The van der Waals surface area contributed by atoms with Gasteiger partial charge >= 0.3 is 5.97 Å². The number of hydrogen-bond donors (Lipinski definition) is 2. The maximum absolute atomic E-state index is 12.2. The van der Waals surface area contributed by atoms with Crippen LogP contribution in [0.3, 0.4) is 0 Å². The Morgan fingerprint density at radius 2 is 2.04 bits per heavy atom. The lowest BCUT2D eigenvalue weighted by Crippen LogP contribution is -2.49. The van der Waals surface area contributed by atoms with Crippen LogP contribution >= 0.6 is 0 Å². The summed E-state index contributed by atoms with van der Waals surface area (Å²) in [7, 11) is 0. The molecule has 2 aliphatic heterocycles. The van der Waals surface area contributed by atoms with Crippen molar-refractivity contribution in [2.45, 2.75) is 43.7 Å². The number of rotatable bonds is 5. The Labute approximate surface area is 141 Å². The molecule has 2 unspecified atom stereocenters. The fourth-order valence-corrected chi connectivity index (χ4v) is 3.39. The molecule has 2 N–H and O–H groups in total. The van der Waals surface area contributed by atoms with Crippen LogP contribution in [0, 0.1) is 0 Å². The summed E-state index contributed by atoms with van der Waals surface area (Å²) >= 11 is 0. The summed E-state index contributed by atoms with van der Waals surface area (Å²) in [5, 5.41) is 12.0. The molecule has 2 atom stereocenters. The number of carbonyl (C=O) groups excluding carboxylic acids is 1. The maximum atomic E-state index is 12.2. The zero-order valence-electron chi connectivity index (χ0n) is 13.6. The first-order valence-corrected chi connectivity index (χ1v) is 8.40. The van der Waals surface area contributed by atoms with Gasteiger partial charge in [0.2, 0.25) is 5.91 Å². The molecule has 1 spiro atoms. The lowest BCUT2D eigenvalue weighted by molar-refractivity contribution is -0.125. The van der Waals surface area contributed by atoms with Gasteiger partial charge in [-0.05, 0) is 37.0 Å². The summed E-state index contributed by atoms with van der Waals surface area (Å²) in [5.74, 6) is -0.915. The summed E-state index contributed by atoms with van der Waals surface area (Å²) < 4.78 is 11.3. The second kappa shape index (κ2) is 7.32. The molecule has 2 fully saturated rings. The van der Waals surface area contributed by atoms with E-state index >= 15 is 0 Å². The van der Waals surface area contributed by atoms with E-state index < -0.39 is 5.97 Å². The molecule has 3 rings (SSSR count). The van der Waals surface area contributed by atoms with E-state index in [2.05, 4.69) is 5.32 Å². The van der Waals surface area contributed by atoms with Crippen LogP contribution in [0.15, 0.2) is 24.3 Å². The molecule has 0 aromatic heterocycles. The highest BCUT2D eigenvalue weighted by atomic mass is 16.6. The van der Waals surface area contributed by atoms with E-state index in [1.165, 1.54) is 0 Å². The average molecular weight is 333 g/mol. The van der Waals surface area contributed by atoms with Gasteiger partial charge in [0, 0.05) is 32.1 Å². The third-order valence-electron chi connectivity index (χ3n) is 4.77. The topological polar surface area (TPSA) is 84.9 Å². The Balaban J connectivity index is 1.46. The minimum absolute atomic E-state index is 0.0262. The predicted molar refractivity (Wildman–Crippen MR) is 87.0 cm³/mol. The van der Waals surface area contributed by atoms with E-state index in [-0.39, 0.29) is 23.1 Å². The molecule has 2 saturated heterocycles. The van der Waals surface area contributed by atoms with Gasteiger partial charge in [0.15, 0.2) is 0 Å². The smallest absolute Gasteiger partial charge is 0.335 e. The standard InChI is InChI=1S/C18H23NO5/c20-16(6-3-13-1-4-14(5-2-13)17(21)22)19-15-7-9-24-18(11-15)8-10-23-12-18/h1-2,4-5,15H,3,6-12H2,(H,19,20)(H,21,22). The van der Waals surface area contributed by atoms with Gasteiger partial charge < -0.3 is 19.9 Å². The normalized spacial score (nSPS) is 26.4. The number of carboxylic acid groups (broad SMARTS) is 1. The Morgan fingerprint density at radius 3 is 2.71 bits per heavy atom. The molecule has 24 heavy (non-hydrogen) atoms. The van der Waals surface area contributed by atoms with Crippen molar-refractivity contribution in [3.63, 3.8) is 0 Å². The van der Waals surface area contributed by atoms with Crippen molar-refractivity contribution in [3.05, 3.63) is 35.4 Å². The van der Waals surface area contributed by atoms with Crippen molar-refractivity contribution in [3.8, 4) is 0 Å². The number of carbonyl (C=O) groups is 2. The highest BCUT2D eigenvalue weighted by Crippen LogP contribution is 2.32. The van der Waals surface area contributed by atoms with Crippen molar-refractivity contribution in [1.29, 1.82) is 0 Å². The lowest BCUT2D eigenvalue weighted by atomic mass is 9.89. The quantitative estimate of drug-likeness (QED) is 0.858. The molecule has 1 aromatic rings. The van der Waals surface area contributed by atoms with E-state index in [1.807, 2.05) is 0 Å². The molecule has 1 amide bonds. The Hall–Kier alpha value is -1.92. The lowest BCUT2D eigenvalue weighted by Gasteiger charge is -2.37. The van der Waals surface area contributed by atoms with Gasteiger partial charge in [0.25, 0.3) is 0 Å². The Morgan fingerprint density at radius 1 is 1.25 bits per heavy atom. The second-order valence-corrected chi connectivity index (χ2v) is 6.59. The first-order valence-electron chi connectivity index (χ1n) is 8.40. The van der Waals surface area contributed by atoms with Crippen LogP contribution in [0.5, 0.6) is 0 Å². The highest BCUT2D eigenvalue weighted by Gasteiger charge is 2.41. The average Bonchev–Trinajstić information content (AvgIpc) is 3.01. The van der Waals surface area contributed by atoms with Crippen LogP contribution in [0.1, 0.15) is 41.6 Å². The van der Waals surface area contributed by atoms with Gasteiger partial charge in [-0.25, -0.2) is 4.79 Å². The molecule has 2 heterocycles. The van der Waals surface area contributed by atoms with Crippen LogP contribution < -0.4 is 5.32 Å². The summed E-state index contributed by atoms with van der Waals surface area (Å²) in [6, 6.07) is 6.80. The van der Waals surface area contributed by atoms with E-state index in [0.29, 0.717) is 26.1 Å². The van der Waals surface area contributed by atoms with Gasteiger partial charge in [0.1, 0.15) is 0 Å². The predicted octanol–water partition coefficient (Wildman–Crippen LogP) is 1.77. The van der Waals surface area contributed by atoms with Gasteiger partial charge in [0.05, 0.1) is 17.8 Å². The number of aryl methyl sites for hydroxylation is 1. The molecular formula is C18H23NO5. The minimum Gasteiger partial charge on any atom is -0.478 e. The van der Waals surface area contributed by atoms with Crippen LogP contribution in [-0.4, -0.2) is 48.4 Å². The number of benzene rings is 1. The van der Waals surface area contributed by atoms with Gasteiger partial charge in [-0.3, -0.25) is 4.79 Å². The molecule has 1 aromatic carbocycles. The highest BCUT2D eigenvalue weighted by molar-refractivity contribution is 5.87. The molecule has 130 valence electrons. The number of amides is 1. The second-order valence-electron chi connectivity index (χ2n) is 6.59. The third-order valence-corrected chi connectivity index (χ3v) is 4.77. The fourth-order valence-electron chi connectivity index (χ4n) is 3.39. The Kier molecular flexibility index (Phi) is 5.16. The number of hydrogen-bond acceptors (Lipinski definition) is 4. The van der Waals surface area contributed by atoms with Crippen molar-refractivity contribution in [2.75, 3.05) is 19.8 Å².